The van der Waals surface area contributed by atoms with E-state index in [1.807, 2.05) is 49.4 Å². The number of amides is 1. The zero-order chi connectivity index (χ0) is 26.8. The van der Waals surface area contributed by atoms with E-state index in [0.29, 0.717) is 42.4 Å². The smallest absolute Gasteiger partial charge is 0.241 e. The van der Waals surface area contributed by atoms with Gasteiger partial charge in [-0.05, 0) is 73.7 Å². The number of aryl methyl sites for hydroxylation is 1. The van der Waals surface area contributed by atoms with Crippen LogP contribution in [-0.4, -0.2) is 47.7 Å². The molecular formula is C28H34N2O6S. The van der Waals surface area contributed by atoms with Crippen molar-refractivity contribution in [2.75, 3.05) is 27.4 Å². The SMILES string of the molecule is CCOc1ccc(S(=O)(=O)N[C@H](Cc2ccccc2)C(=O)NCCc2ccc(OC)c(OC)c2)cc1C. The molecular weight excluding hydrogens is 492 g/mol. The lowest BCUT2D eigenvalue weighted by Crippen LogP contribution is -2.48. The minimum absolute atomic E-state index is 0.0737. The maximum absolute atomic E-state index is 13.2. The summed E-state index contributed by atoms with van der Waals surface area (Å²) >= 11 is 0. The van der Waals surface area contributed by atoms with Gasteiger partial charge in [0, 0.05) is 6.54 Å². The van der Waals surface area contributed by atoms with Crippen molar-refractivity contribution in [2.24, 2.45) is 0 Å². The molecule has 3 aromatic rings. The maximum atomic E-state index is 13.2. The number of rotatable bonds is 13. The molecule has 0 radical (unpaired) electrons. The van der Waals surface area contributed by atoms with Crippen molar-refractivity contribution in [3.63, 3.8) is 0 Å². The maximum Gasteiger partial charge on any atom is 0.241 e. The van der Waals surface area contributed by atoms with Gasteiger partial charge in [-0.1, -0.05) is 36.4 Å². The van der Waals surface area contributed by atoms with Crippen molar-refractivity contribution in [3.05, 3.63) is 83.4 Å². The van der Waals surface area contributed by atoms with Gasteiger partial charge in [-0.15, -0.1) is 0 Å². The first-order valence-electron chi connectivity index (χ1n) is 12.1. The normalized spacial score (nSPS) is 12.0. The van der Waals surface area contributed by atoms with Gasteiger partial charge in [0.05, 0.1) is 25.7 Å². The zero-order valence-electron chi connectivity index (χ0n) is 21.6. The Kier molecular flexibility index (Phi) is 9.93. The van der Waals surface area contributed by atoms with Crippen molar-refractivity contribution < 1.29 is 27.4 Å². The monoisotopic (exact) mass is 526 g/mol. The minimum atomic E-state index is -3.97. The van der Waals surface area contributed by atoms with Crippen molar-refractivity contribution in [1.82, 2.24) is 10.0 Å². The summed E-state index contributed by atoms with van der Waals surface area (Å²) in [5, 5.41) is 2.87. The van der Waals surface area contributed by atoms with E-state index in [-0.39, 0.29) is 11.3 Å². The fraction of sp³-hybridized carbons (Fsp3) is 0.321. The topological polar surface area (TPSA) is 103 Å². The van der Waals surface area contributed by atoms with E-state index < -0.39 is 22.0 Å². The number of carbonyl (C=O) groups excluding carboxylic acids is 1. The molecule has 8 nitrogen and oxygen atoms in total. The van der Waals surface area contributed by atoms with Gasteiger partial charge in [-0.3, -0.25) is 4.79 Å². The molecule has 0 bridgehead atoms. The summed E-state index contributed by atoms with van der Waals surface area (Å²) < 4.78 is 45.2. The fourth-order valence-corrected chi connectivity index (χ4v) is 5.17. The molecule has 3 rings (SSSR count). The number of sulfonamides is 1. The van der Waals surface area contributed by atoms with Gasteiger partial charge >= 0.3 is 0 Å². The second kappa shape index (κ2) is 13.1. The van der Waals surface area contributed by atoms with Crippen molar-refractivity contribution >= 4 is 15.9 Å². The highest BCUT2D eigenvalue weighted by Gasteiger charge is 2.26. The molecule has 0 heterocycles. The first kappa shape index (κ1) is 28.0. The Morgan fingerprint density at radius 2 is 1.59 bits per heavy atom. The summed E-state index contributed by atoms with van der Waals surface area (Å²) in [5.41, 5.74) is 2.49. The van der Waals surface area contributed by atoms with Crippen LogP contribution in [0.5, 0.6) is 17.2 Å². The summed E-state index contributed by atoms with van der Waals surface area (Å²) in [6.45, 7) is 4.45. The second-order valence-corrected chi connectivity index (χ2v) is 10.2. The quantitative estimate of drug-likeness (QED) is 0.352. The lowest BCUT2D eigenvalue weighted by Gasteiger charge is -2.19. The van der Waals surface area contributed by atoms with Gasteiger partial charge in [-0.25, -0.2) is 8.42 Å². The molecule has 198 valence electrons. The molecule has 1 amide bonds. The van der Waals surface area contributed by atoms with Crippen LogP contribution in [0.2, 0.25) is 0 Å². The molecule has 0 aliphatic rings. The number of nitrogens with one attached hydrogen (secondary N) is 2. The van der Waals surface area contributed by atoms with E-state index >= 15 is 0 Å². The van der Waals surface area contributed by atoms with Crippen LogP contribution >= 0.6 is 0 Å². The largest absolute Gasteiger partial charge is 0.494 e. The van der Waals surface area contributed by atoms with Crippen LogP contribution in [0.25, 0.3) is 0 Å². The van der Waals surface area contributed by atoms with Gasteiger partial charge in [0.15, 0.2) is 11.5 Å². The molecule has 0 aliphatic carbocycles. The van der Waals surface area contributed by atoms with Crippen LogP contribution in [0.3, 0.4) is 0 Å². The van der Waals surface area contributed by atoms with Crippen molar-refractivity contribution in [1.29, 1.82) is 0 Å². The second-order valence-electron chi connectivity index (χ2n) is 8.45. The summed E-state index contributed by atoms with van der Waals surface area (Å²) in [4.78, 5) is 13.2. The van der Waals surface area contributed by atoms with Gasteiger partial charge in [-0.2, -0.15) is 4.72 Å². The third-order valence-electron chi connectivity index (χ3n) is 5.81. The standard InChI is InChI=1S/C28H34N2O6S/c1-5-36-25-14-12-23(17-20(25)2)37(32,33)30-24(18-21-9-7-6-8-10-21)28(31)29-16-15-22-11-13-26(34-3)27(19-22)35-4/h6-14,17,19,24,30H,5,15-16,18H2,1-4H3,(H,29,31)/t24-/m1/s1. The van der Waals surface area contributed by atoms with Crippen LogP contribution in [0.15, 0.2) is 71.6 Å². The van der Waals surface area contributed by atoms with Gasteiger partial charge in [0.1, 0.15) is 11.8 Å². The highest BCUT2D eigenvalue weighted by Crippen LogP contribution is 2.27. The molecule has 0 aliphatic heterocycles. The molecule has 2 N–H and O–H groups in total. The average molecular weight is 527 g/mol. The highest BCUT2D eigenvalue weighted by molar-refractivity contribution is 7.89. The van der Waals surface area contributed by atoms with Gasteiger partial charge in [0.25, 0.3) is 0 Å². The van der Waals surface area contributed by atoms with E-state index in [4.69, 9.17) is 14.2 Å². The van der Waals surface area contributed by atoms with Crippen LogP contribution in [0.1, 0.15) is 23.6 Å². The first-order chi connectivity index (χ1) is 17.8. The third kappa shape index (κ3) is 7.71. The van der Waals surface area contributed by atoms with E-state index in [2.05, 4.69) is 10.0 Å². The lowest BCUT2D eigenvalue weighted by molar-refractivity contribution is -0.122. The van der Waals surface area contributed by atoms with Crippen LogP contribution in [-0.2, 0) is 27.7 Å². The molecule has 3 aromatic carbocycles. The van der Waals surface area contributed by atoms with Crippen molar-refractivity contribution in [2.45, 2.75) is 37.6 Å². The first-order valence-corrected chi connectivity index (χ1v) is 13.5. The van der Waals surface area contributed by atoms with E-state index in [1.165, 1.54) is 6.07 Å². The fourth-order valence-electron chi connectivity index (χ4n) is 3.89. The van der Waals surface area contributed by atoms with Gasteiger partial charge in [0.2, 0.25) is 15.9 Å². The van der Waals surface area contributed by atoms with Crippen molar-refractivity contribution in [3.8, 4) is 17.2 Å². The Morgan fingerprint density at radius 3 is 2.24 bits per heavy atom. The molecule has 0 spiro atoms. The Bertz CT molecular complexity index is 1300. The van der Waals surface area contributed by atoms with E-state index in [1.54, 1.807) is 39.3 Å². The predicted molar refractivity (Wildman–Crippen MR) is 143 cm³/mol. The van der Waals surface area contributed by atoms with Crippen LogP contribution in [0, 0.1) is 6.92 Å². The minimum Gasteiger partial charge on any atom is -0.494 e. The Hall–Kier alpha value is -3.56. The number of carbonyl (C=O) groups is 1. The Labute approximate surface area is 219 Å². The van der Waals surface area contributed by atoms with Crippen LogP contribution in [0.4, 0.5) is 0 Å². The Morgan fingerprint density at radius 1 is 0.892 bits per heavy atom. The van der Waals surface area contributed by atoms with Gasteiger partial charge < -0.3 is 19.5 Å². The average Bonchev–Trinajstić information content (AvgIpc) is 2.89. The molecule has 1 atom stereocenters. The van der Waals surface area contributed by atoms with E-state index in [0.717, 1.165) is 11.1 Å². The molecule has 0 saturated heterocycles. The molecule has 0 aromatic heterocycles. The number of hydrogen-bond acceptors (Lipinski definition) is 6. The molecule has 0 unspecified atom stereocenters. The third-order valence-corrected chi connectivity index (χ3v) is 7.28. The summed E-state index contributed by atoms with van der Waals surface area (Å²) in [6.07, 6.45) is 0.743. The molecule has 0 fully saturated rings. The lowest BCUT2D eigenvalue weighted by atomic mass is 10.1. The highest BCUT2D eigenvalue weighted by atomic mass is 32.2. The number of ether oxygens (including phenoxy) is 3. The van der Waals surface area contributed by atoms with Crippen LogP contribution < -0.4 is 24.2 Å². The van der Waals surface area contributed by atoms with E-state index in [9.17, 15) is 13.2 Å². The summed E-state index contributed by atoms with van der Waals surface area (Å²) in [5.74, 6) is 1.44. The molecule has 37 heavy (non-hydrogen) atoms. The predicted octanol–water partition coefficient (Wildman–Crippen LogP) is 3.66. The summed E-state index contributed by atoms with van der Waals surface area (Å²) in [6, 6.07) is 18.5. The number of hydrogen-bond donors (Lipinski definition) is 2. The molecule has 0 saturated carbocycles. The molecule has 9 heteroatoms. The zero-order valence-corrected chi connectivity index (χ0v) is 22.4. The summed E-state index contributed by atoms with van der Waals surface area (Å²) in [7, 11) is -0.835. The Balaban J connectivity index is 1.74. The number of methoxy groups -OCH3 is 2. The number of benzene rings is 3.